The second-order valence-electron chi connectivity index (χ2n) is 5.61. The standard InChI is InChI=1S/C15H16FN5O3S/c1-24-9-14-18-15-12(3-2-6-21(15)19-14)20-25(22,23)13-5-4-11(16)7-10(13)8-17/h4-5,7,12,20H,2-3,6,9H2,1H3. The Labute approximate surface area is 144 Å². The van der Waals surface area contributed by atoms with Crippen molar-refractivity contribution in [2.24, 2.45) is 0 Å². The zero-order valence-corrected chi connectivity index (χ0v) is 14.3. The van der Waals surface area contributed by atoms with Crippen LogP contribution in [0.25, 0.3) is 0 Å². The number of methoxy groups -OCH3 is 1. The summed E-state index contributed by atoms with van der Waals surface area (Å²) in [4.78, 5) is 4.07. The number of halogens is 1. The number of benzene rings is 1. The quantitative estimate of drug-likeness (QED) is 0.854. The Kier molecular flexibility index (Phi) is 4.80. The Hall–Kier alpha value is -2.35. The largest absolute Gasteiger partial charge is 0.377 e. The van der Waals surface area contributed by atoms with Gasteiger partial charge in [-0.05, 0) is 31.0 Å². The lowest BCUT2D eigenvalue weighted by Crippen LogP contribution is -2.33. The van der Waals surface area contributed by atoms with E-state index in [0.29, 0.717) is 24.6 Å². The molecule has 2 heterocycles. The van der Waals surface area contributed by atoms with Crippen molar-refractivity contribution < 1.29 is 17.5 Å². The third-order valence-corrected chi connectivity index (χ3v) is 5.37. The molecule has 0 bridgehead atoms. The molecule has 0 aliphatic carbocycles. The number of aryl methyl sites for hydroxylation is 1. The van der Waals surface area contributed by atoms with Gasteiger partial charge in [-0.3, -0.25) is 0 Å². The molecule has 1 N–H and O–H groups in total. The zero-order valence-electron chi connectivity index (χ0n) is 13.4. The second kappa shape index (κ2) is 6.87. The highest BCUT2D eigenvalue weighted by Gasteiger charge is 2.30. The van der Waals surface area contributed by atoms with Crippen LogP contribution < -0.4 is 4.72 Å². The fourth-order valence-corrected chi connectivity index (χ4v) is 4.14. The highest BCUT2D eigenvalue weighted by atomic mass is 32.2. The molecular weight excluding hydrogens is 349 g/mol. The van der Waals surface area contributed by atoms with Crippen LogP contribution in [0.1, 0.15) is 36.1 Å². The van der Waals surface area contributed by atoms with Crippen molar-refractivity contribution >= 4 is 10.0 Å². The number of ether oxygens (including phenoxy) is 1. The summed E-state index contributed by atoms with van der Waals surface area (Å²) in [7, 11) is -2.49. The lowest BCUT2D eigenvalue weighted by atomic mass is 10.1. The maximum Gasteiger partial charge on any atom is 0.242 e. The van der Waals surface area contributed by atoms with Gasteiger partial charge in [0.15, 0.2) is 5.82 Å². The average Bonchev–Trinajstić information content (AvgIpc) is 2.98. The van der Waals surface area contributed by atoms with Gasteiger partial charge >= 0.3 is 0 Å². The molecule has 0 amide bonds. The first-order chi connectivity index (χ1) is 11.9. The van der Waals surface area contributed by atoms with E-state index in [1.165, 1.54) is 7.11 Å². The molecule has 0 spiro atoms. The lowest BCUT2D eigenvalue weighted by Gasteiger charge is -2.23. The van der Waals surface area contributed by atoms with Crippen LogP contribution in [0.15, 0.2) is 23.1 Å². The van der Waals surface area contributed by atoms with E-state index in [-0.39, 0.29) is 17.1 Å². The zero-order chi connectivity index (χ0) is 18.0. The Morgan fingerprint density at radius 3 is 3.04 bits per heavy atom. The van der Waals surface area contributed by atoms with Crippen LogP contribution >= 0.6 is 0 Å². The molecule has 10 heteroatoms. The van der Waals surface area contributed by atoms with E-state index in [4.69, 9.17) is 10.00 Å². The first-order valence-corrected chi connectivity index (χ1v) is 9.07. The maximum absolute atomic E-state index is 13.3. The SMILES string of the molecule is COCc1nc2n(n1)CCCC2NS(=O)(=O)c1ccc(F)cc1C#N. The molecule has 1 aliphatic rings. The smallest absolute Gasteiger partial charge is 0.242 e. The van der Waals surface area contributed by atoms with Crippen LogP contribution in [-0.2, 0) is 27.9 Å². The maximum atomic E-state index is 13.3. The molecule has 8 nitrogen and oxygen atoms in total. The summed E-state index contributed by atoms with van der Waals surface area (Å²) in [5, 5.41) is 13.4. The summed E-state index contributed by atoms with van der Waals surface area (Å²) in [6, 6.07) is 4.13. The van der Waals surface area contributed by atoms with Crippen LogP contribution in [0.2, 0.25) is 0 Å². The predicted molar refractivity (Wildman–Crippen MR) is 84.1 cm³/mol. The number of nitrogens with one attached hydrogen (secondary N) is 1. The van der Waals surface area contributed by atoms with Crippen LogP contribution in [0.5, 0.6) is 0 Å². The Balaban J connectivity index is 1.92. The summed E-state index contributed by atoms with van der Waals surface area (Å²) in [6.07, 6.45) is 1.28. The summed E-state index contributed by atoms with van der Waals surface area (Å²) in [5.74, 6) is 0.308. The minimum atomic E-state index is -4.02. The number of rotatable bonds is 5. The monoisotopic (exact) mass is 365 g/mol. The Morgan fingerprint density at radius 2 is 2.32 bits per heavy atom. The molecule has 1 atom stereocenters. The van der Waals surface area contributed by atoms with Gasteiger partial charge in [0, 0.05) is 13.7 Å². The van der Waals surface area contributed by atoms with Gasteiger partial charge in [-0.15, -0.1) is 0 Å². The molecule has 1 aromatic heterocycles. The number of nitrogens with zero attached hydrogens (tertiary/aromatic N) is 4. The van der Waals surface area contributed by atoms with E-state index >= 15 is 0 Å². The molecule has 1 aliphatic heterocycles. The van der Waals surface area contributed by atoms with Crippen LogP contribution in [0.3, 0.4) is 0 Å². The lowest BCUT2D eigenvalue weighted by molar-refractivity contribution is 0.177. The van der Waals surface area contributed by atoms with E-state index in [1.54, 1.807) is 10.8 Å². The van der Waals surface area contributed by atoms with Crippen LogP contribution in [0.4, 0.5) is 4.39 Å². The number of fused-ring (bicyclic) bond motifs is 1. The first-order valence-electron chi connectivity index (χ1n) is 7.59. The van der Waals surface area contributed by atoms with E-state index in [1.807, 2.05) is 0 Å². The van der Waals surface area contributed by atoms with Crippen LogP contribution in [-0.4, -0.2) is 30.3 Å². The first kappa shape index (κ1) is 17.5. The van der Waals surface area contributed by atoms with Gasteiger partial charge in [0.05, 0.1) is 16.5 Å². The van der Waals surface area contributed by atoms with E-state index in [9.17, 15) is 12.8 Å². The van der Waals surface area contributed by atoms with Gasteiger partial charge in [0.1, 0.15) is 24.3 Å². The number of nitriles is 1. The van der Waals surface area contributed by atoms with Gasteiger partial charge < -0.3 is 4.74 Å². The Bertz CT molecular complexity index is 935. The van der Waals surface area contributed by atoms with E-state index < -0.39 is 21.9 Å². The average molecular weight is 365 g/mol. The highest BCUT2D eigenvalue weighted by molar-refractivity contribution is 7.89. The van der Waals surface area contributed by atoms with Gasteiger partial charge in [0.2, 0.25) is 10.0 Å². The van der Waals surface area contributed by atoms with E-state index in [0.717, 1.165) is 24.6 Å². The van der Waals surface area contributed by atoms with Crippen molar-refractivity contribution in [3.63, 3.8) is 0 Å². The van der Waals surface area contributed by atoms with Crippen molar-refractivity contribution in [2.75, 3.05) is 7.11 Å². The molecule has 1 aromatic carbocycles. The number of sulfonamides is 1. The fourth-order valence-electron chi connectivity index (χ4n) is 2.78. The molecule has 0 fully saturated rings. The van der Waals surface area contributed by atoms with Gasteiger partial charge in [-0.25, -0.2) is 27.2 Å². The highest BCUT2D eigenvalue weighted by Crippen LogP contribution is 2.26. The molecule has 0 saturated heterocycles. The minimum absolute atomic E-state index is 0.232. The molecular formula is C15H16FN5O3S. The minimum Gasteiger partial charge on any atom is -0.377 e. The molecule has 3 rings (SSSR count). The van der Waals surface area contributed by atoms with Crippen molar-refractivity contribution in [1.82, 2.24) is 19.5 Å². The molecule has 132 valence electrons. The van der Waals surface area contributed by atoms with Gasteiger partial charge in [0.25, 0.3) is 0 Å². The third-order valence-electron chi connectivity index (χ3n) is 3.84. The van der Waals surface area contributed by atoms with Crippen molar-refractivity contribution in [3.05, 3.63) is 41.2 Å². The molecule has 0 radical (unpaired) electrons. The van der Waals surface area contributed by atoms with Crippen molar-refractivity contribution in [1.29, 1.82) is 5.26 Å². The van der Waals surface area contributed by atoms with Crippen LogP contribution in [0, 0.1) is 17.1 Å². The van der Waals surface area contributed by atoms with Crippen molar-refractivity contribution in [2.45, 2.75) is 36.9 Å². The van der Waals surface area contributed by atoms with Crippen molar-refractivity contribution in [3.8, 4) is 6.07 Å². The van der Waals surface area contributed by atoms with Gasteiger partial charge in [-0.1, -0.05) is 0 Å². The second-order valence-corrected chi connectivity index (χ2v) is 7.29. The van der Waals surface area contributed by atoms with Gasteiger partial charge in [-0.2, -0.15) is 10.4 Å². The normalized spacial score (nSPS) is 17.1. The third kappa shape index (κ3) is 3.53. The number of aromatic nitrogens is 3. The summed E-state index contributed by atoms with van der Waals surface area (Å²) in [5.41, 5.74) is -0.246. The van der Waals surface area contributed by atoms with E-state index in [2.05, 4.69) is 14.8 Å². The molecule has 0 saturated carbocycles. The molecule has 25 heavy (non-hydrogen) atoms. The summed E-state index contributed by atoms with van der Waals surface area (Å²) >= 11 is 0. The summed E-state index contributed by atoms with van der Waals surface area (Å²) < 4.78 is 47.8. The molecule has 1 unspecified atom stereocenters. The molecule has 2 aromatic rings. The topological polar surface area (TPSA) is 110 Å². The Morgan fingerprint density at radius 1 is 1.52 bits per heavy atom. The number of hydrogen-bond acceptors (Lipinski definition) is 6. The number of hydrogen-bond donors (Lipinski definition) is 1. The fraction of sp³-hybridized carbons (Fsp3) is 0.400. The predicted octanol–water partition coefficient (Wildman–Crippen LogP) is 1.25. The summed E-state index contributed by atoms with van der Waals surface area (Å²) in [6.45, 7) is 0.875.